The van der Waals surface area contributed by atoms with Gasteiger partial charge in [0.05, 0.1) is 12.0 Å². The Balaban J connectivity index is 2.78. The average Bonchev–Trinajstić information content (AvgIpc) is 2.37. The van der Waals surface area contributed by atoms with E-state index in [9.17, 15) is 14.4 Å². The zero-order chi connectivity index (χ0) is 14.4. The van der Waals surface area contributed by atoms with Gasteiger partial charge in [0.1, 0.15) is 17.8 Å². The maximum atomic E-state index is 11.6. The van der Waals surface area contributed by atoms with Gasteiger partial charge in [-0.05, 0) is 12.1 Å². The number of nitriles is 1. The summed E-state index contributed by atoms with van der Waals surface area (Å²) in [6.45, 7) is 0. The summed E-state index contributed by atoms with van der Waals surface area (Å²) in [5.41, 5.74) is 0.146. The lowest BCUT2D eigenvalue weighted by molar-refractivity contribution is -0.145. The summed E-state index contributed by atoms with van der Waals surface area (Å²) in [5, 5.41) is 27.9. The Morgan fingerprint density at radius 3 is 2.47 bits per heavy atom. The number of carboxylic acids is 2. The van der Waals surface area contributed by atoms with Crippen LogP contribution < -0.4 is 5.32 Å². The zero-order valence-electron chi connectivity index (χ0n) is 9.53. The van der Waals surface area contributed by atoms with Crippen LogP contribution in [0.25, 0.3) is 0 Å². The molecule has 0 aliphatic carbocycles. The van der Waals surface area contributed by atoms with Crippen LogP contribution in [0.4, 0.5) is 0 Å². The first-order valence-corrected chi connectivity index (χ1v) is 5.05. The minimum absolute atomic E-state index is 0.101. The number of carboxylic acid groups (broad SMARTS) is 2. The smallest absolute Gasteiger partial charge is 0.326 e. The van der Waals surface area contributed by atoms with E-state index in [1.807, 2.05) is 11.4 Å². The van der Waals surface area contributed by atoms with E-state index in [-0.39, 0.29) is 11.3 Å². The molecule has 0 unspecified atom stereocenters. The number of rotatable bonds is 5. The molecule has 0 spiro atoms. The van der Waals surface area contributed by atoms with Crippen LogP contribution in [0.5, 0.6) is 0 Å². The van der Waals surface area contributed by atoms with E-state index in [4.69, 9.17) is 15.5 Å². The van der Waals surface area contributed by atoms with Crippen LogP contribution in [0.3, 0.4) is 0 Å². The van der Waals surface area contributed by atoms with Crippen molar-refractivity contribution < 1.29 is 24.6 Å². The van der Waals surface area contributed by atoms with Gasteiger partial charge in [-0.15, -0.1) is 0 Å². The summed E-state index contributed by atoms with van der Waals surface area (Å²) in [7, 11) is 0. The van der Waals surface area contributed by atoms with Gasteiger partial charge in [0.15, 0.2) is 0 Å². The summed E-state index contributed by atoms with van der Waals surface area (Å²) in [5.74, 6) is -3.62. The highest BCUT2D eigenvalue weighted by molar-refractivity contribution is 5.95. The van der Waals surface area contributed by atoms with E-state index in [0.29, 0.717) is 0 Å². The first-order chi connectivity index (χ1) is 8.93. The third-order valence-electron chi connectivity index (χ3n) is 2.11. The molecule has 8 heteroatoms. The van der Waals surface area contributed by atoms with E-state index < -0.39 is 30.3 Å². The number of nitrogens with zero attached hydrogens (tertiary/aromatic N) is 2. The third-order valence-corrected chi connectivity index (χ3v) is 2.11. The number of hydrogen-bond acceptors (Lipinski definition) is 5. The van der Waals surface area contributed by atoms with Crippen molar-refractivity contribution >= 4 is 17.8 Å². The van der Waals surface area contributed by atoms with Gasteiger partial charge in [0.2, 0.25) is 0 Å². The second kappa shape index (κ2) is 6.11. The quantitative estimate of drug-likeness (QED) is 0.656. The van der Waals surface area contributed by atoms with Crippen molar-refractivity contribution in [2.24, 2.45) is 0 Å². The summed E-state index contributed by atoms with van der Waals surface area (Å²) in [4.78, 5) is 36.5. The summed E-state index contributed by atoms with van der Waals surface area (Å²) in [6.07, 6.45) is 0.416. The number of carbonyl (C=O) groups excluding carboxylic acids is 1. The summed E-state index contributed by atoms with van der Waals surface area (Å²) >= 11 is 0. The van der Waals surface area contributed by atoms with E-state index in [1.54, 1.807) is 0 Å². The fraction of sp³-hybridized carbons (Fsp3) is 0.182. The Hall–Kier alpha value is -2.95. The number of nitrogens with one attached hydrogen (secondary N) is 1. The fourth-order valence-corrected chi connectivity index (χ4v) is 1.20. The molecule has 0 aliphatic rings. The molecule has 0 bridgehead atoms. The Bertz CT molecular complexity index is 546. The van der Waals surface area contributed by atoms with Crippen molar-refractivity contribution in [3.63, 3.8) is 0 Å². The number of hydrogen-bond donors (Lipinski definition) is 3. The molecule has 1 rings (SSSR count). The molecule has 0 aliphatic heterocycles. The van der Waals surface area contributed by atoms with Crippen LogP contribution in [0.1, 0.15) is 22.5 Å². The second-order valence-electron chi connectivity index (χ2n) is 3.51. The molecule has 19 heavy (non-hydrogen) atoms. The second-order valence-corrected chi connectivity index (χ2v) is 3.51. The van der Waals surface area contributed by atoms with Crippen molar-refractivity contribution in [3.8, 4) is 6.07 Å². The Morgan fingerprint density at radius 2 is 2.05 bits per heavy atom. The molecule has 1 aromatic heterocycles. The van der Waals surface area contributed by atoms with Crippen LogP contribution in [0.15, 0.2) is 18.3 Å². The first kappa shape index (κ1) is 14.1. The lowest BCUT2D eigenvalue weighted by atomic mass is 10.2. The molecule has 8 nitrogen and oxygen atoms in total. The molecule has 1 atom stereocenters. The lowest BCUT2D eigenvalue weighted by Gasteiger charge is -2.11. The molecule has 0 radical (unpaired) electrons. The molecule has 1 aromatic rings. The third kappa shape index (κ3) is 4.08. The minimum atomic E-state index is -1.54. The summed E-state index contributed by atoms with van der Waals surface area (Å²) in [6, 6.07) is 2.86. The van der Waals surface area contributed by atoms with E-state index in [1.165, 1.54) is 12.1 Å². The molecular weight excluding hydrogens is 254 g/mol. The highest BCUT2D eigenvalue weighted by Gasteiger charge is 2.23. The Labute approximate surface area is 107 Å². The predicted octanol–water partition coefficient (Wildman–Crippen LogP) is -0.389. The molecule has 1 heterocycles. The van der Waals surface area contributed by atoms with Gasteiger partial charge in [-0.25, -0.2) is 9.78 Å². The van der Waals surface area contributed by atoms with Crippen LogP contribution in [-0.4, -0.2) is 39.1 Å². The minimum Gasteiger partial charge on any atom is -0.481 e. The van der Waals surface area contributed by atoms with Crippen LogP contribution >= 0.6 is 0 Å². The van der Waals surface area contributed by atoms with Gasteiger partial charge in [0, 0.05) is 6.20 Å². The number of pyridine rings is 1. The van der Waals surface area contributed by atoms with E-state index in [2.05, 4.69) is 4.98 Å². The number of amides is 1. The van der Waals surface area contributed by atoms with E-state index in [0.717, 1.165) is 6.20 Å². The Kier molecular flexibility index (Phi) is 4.54. The normalized spacial score (nSPS) is 11.1. The van der Waals surface area contributed by atoms with Crippen LogP contribution in [0, 0.1) is 11.3 Å². The number of aliphatic carboxylic acids is 2. The molecule has 0 saturated heterocycles. The fourth-order valence-electron chi connectivity index (χ4n) is 1.20. The molecule has 0 saturated carbocycles. The standard InChI is InChI=1S/C11H9N3O5/c12-4-6-1-2-7(13-5-6)10(17)14-8(11(18)19)3-9(15)16/h1-2,5,8H,3H2,(H,14,17)(H,15,16)(H,18,19)/t8-/m0/s1. The predicted molar refractivity (Wildman–Crippen MR) is 60.1 cm³/mol. The monoisotopic (exact) mass is 263 g/mol. The number of aromatic nitrogens is 1. The average molecular weight is 263 g/mol. The van der Waals surface area contributed by atoms with Gasteiger partial charge < -0.3 is 15.5 Å². The largest absolute Gasteiger partial charge is 0.481 e. The van der Waals surface area contributed by atoms with Gasteiger partial charge in [-0.3, -0.25) is 9.59 Å². The van der Waals surface area contributed by atoms with Crippen molar-refractivity contribution in [3.05, 3.63) is 29.6 Å². The Morgan fingerprint density at radius 1 is 1.37 bits per heavy atom. The highest BCUT2D eigenvalue weighted by Crippen LogP contribution is 2.01. The summed E-state index contributed by atoms with van der Waals surface area (Å²) < 4.78 is 0. The van der Waals surface area contributed by atoms with Gasteiger partial charge in [-0.2, -0.15) is 5.26 Å². The van der Waals surface area contributed by atoms with Gasteiger partial charge in [-0.1, -0.05) is 0 Å². The lowest BCUT2D eigenvalue weighted by Crippen LogP contribution is -2.42. The van der Waals surface area contributed by atoms with Crippen molar-refractivity contribution in [1.29, 1.82) is 5.26 Å². The molecule has 0 fully saturated rings. The molecule has 3 N–H and O–H groups in total. The van der Waals surface area contributed by atoms with E-state index >= 15 is 0 Å². The van der Waals surface area contributed by atoms with Crippen molar-refractivity contribution in [1.82, 2.24) is 10.3 Å². The zero-order valence-corrected chi connectivity index (χ0v) is 9.53. The van der Waals surface area contributed by atoms with Crippen molar-refractivity contribution in [2.45, 2.75) is 12.5 Å². The van der Waals surface area contributed by atoms with Crippen molar-refractivity contribution in [2.75, 3.05) is 0 Å². The highest BCUT2D eigenvalue weighted by atomic mass is 16.4. The van der Waals surface area contributed by atoms with Gasteiger partial charge >= 0.3 is 11.9 Å². The molecule has 1 amide bonds. The first-order valence-electron chi connectivity index (χ1n) is 5.05. The number of carbonyl (C=O) groups is 3. The maximum absolute atomic E-state index is 11.6. The molecular formula is C11H9N3O5. The molecule has 98 valence electrons. The van der Waals surface area contributed by atoms with Crippen LogP contribution in [-0.2, 0) is 9.59 Å². The SMILES string of the molecule is N#Cc1ccc(C(=O)N[C@@H](CC(=O)O)C(=O)O)nc1. The van der Waals surface area contributed by atoms with Crippen LogP contribution in [0.2, 0.25) is 0 Å². The molecule has 0 aromatic carbocycles. The van der Waals surface area contributed by atoms with Gasteiger partial charge in [0.25, 0.3) is 5.91 Å². The maximum Gasteiger partial charge on any atom is 0.326 e. The topological polar surface area (TPSA) is 140 Å².